The minimum Gasteiger partial charge on any atom is -0.480 e. The second-order valence-electron chi connectivity index (χ2n) is 25.4. The van der Waals surface area contributed by atoms with Gasteiger partial charge in [0.1, 0.15) is 55.4 Å². The Labute approximate surface area is 614 Å². The summed E-state index contributed by atoms with van der Waals surface area (Å²) in [4.78, 5) is 93.5. The number of halogens is 3. The summed E-state index contributed by atoms with van der Waals surface area (Å²) in [6, 6.07) is 31.1. The molecule has 0 spiro atoms. The van der Waals surface area contributed by atoms with Crippen LogP contribution in [-0.4, -0.2) is 155 Å². The van der Waals surface area contributed by atoms with Gasteiger partial charge in [-0.2, -0.15) is 0 Å². The highest BCUT2D eigenvalue weighted by atomic mass is 79.9. The molecule has 97 heavy (non-hydrogen) atoms. The number of likely N-dealkylation sites (N-methyl/N-ethyl adjacent to an activating group) is 2. The Morgan fingerprint density at radius 2 is 1.07 bits per heavy atom. The number of rotatable bonds is 11. The molecular formula is C68H83Br3N10O10S5Si. The number of aliphatic carboxylic acids is 1. The molecule has 0 saturated carbocycles. The third-order valence-electron chi connectivity index (χ3n) is 12.1. The summed E-state index contributed by atoms with van der Waals surface area (Å²) >= 11 is 18.7. The first kappa shape index (κ1) is 84.0. The molecule has 3 aromatic heterocycles. The van der Waals surface area contributed by atoms with E-state index in [-0.39, 0.29) is 30.4 Å². The Morgan fingerprint density at radius 1 is 0.660 bits per heavy atom. The minimum atomic E-state index is -1.37. The molecule has 1 aliphatic rings. The normalized spacial score (nSPS) is 11.4. The van der Waals surface area contributed by atoms with Gasteiger partial charge in [-0.15, -0.1) is 12.0 Å². The van der Waals surface area contributed by atoms with Gasteiger partial charge in [0.2, 0.25) is 5.91 Å². The van der Waals surface area contributed by atoms with Gasteiger partial charge >= 0.3 is 24.2 Å². The summed E-state index contributed by atoms with van der Waals surface area (Å²) in [5.74, 6) is 7.34. The maximum atomic E-state index is 12.1. The van der Waals surface area contributed by atoms with Crippen LogP contribution in [-0.2, 0) is 99.0 Å². The molecule has 520 valence electrons. The number of aromatic amines is 2. The van der Waals surface area contributed by atoms with E-state index in [0.29, 0.717) is 43.2 Å². The van der Waals surface area contributed by atoms with Crippen molar-refractivity contribution < 1.29 is 48.1 Å². The van der Waals surface area contributed by atoms with Gasteiger partial charge in [0.25, 0.3) is 0 Å². The van der Waals surface area contributed by atoms with Crippen LogP contribution in [0.4, 0.5) is 14.4 Å². The summed E-state index contributed by atoms with van der Waals surface area (Å²) < 4.78 is 19.5. The van der Waals surface area contributed by atoms with Crippen molar-refractivity contribution in [3.8, 4) is 57.6 Å². The number of fused-ring (bicyclic) bond motifs is 1. The van der Waals surface area contributed by atoms with Gasteiger partial charge < -0.3 is 53.5 Å². The molecule has 20 nitrogen and oxygen atoms in total. The van der Waals surface area contributed by atoms with Gasteiger partial charge in [-0.25, -0.2) is 29.3 Å². The van der Waals surface area contributed by atoms with E-state index >= 15 is 0 Å². The smallest absolute Gasteiger partial charge is 0.410 e. The lowest BCUT2D eigenvalue weighted by Crippen LogP contribution is -2.37. The topological polar surface area (TPSA) is 238 Å². The minimum absolute atomic E-state index is 0.109. The van der Waals surface area contributed by atoms with Crippen LogP contribution in [0.15, 0.2) is 125 Å². The number of alkyl halides is 1. The van der Waals surface area contributed by atoms with Crippen molar-refractivity contribution in [3.63, 3.8) is 0 Å². The number of amides is 4. The lowest BCUT2D eigenvalue weighted by Gasteiger charge is -2.24. The Morgan fingerprint density at radius 3 is 1.46 bits per heavy atom. The predicted octanol–water partition coefficient (Wildman–Crippen LogP) is 14.3. The molecule has 0 atom stereocenters. The van der Waals surface area contributed by atoms with Gasteiger partial charge in [-0.1, -0.05) is 128 Å². The van der Waals surface area contributed by atoms with E-state index in [4.69, 9.17) is 25.7 Å². The number of aromatic nitrogens is 6. The zero-order valence-electron chi connectivity index (χ0n) is 57.2. The van der Waals surface area contributed by atoms with E-state index in [1.807, 2.05) is 137 Å². The number of hydrogen-bond donors (Lipinski definition) is 3. The summed E-state index contributed by atoms with van der Waals surface area (Å²) in [6.45, 7) is 24.2. The fourth-order valence-electron chi connectivity index (χ4n) is 7.55. The number of nitrogens with zero attached hydrogens (tertiary/aromatic N) is 8. The van der Waals surface area contributed by atoms with Crippen LogP contribution < -0.4 is 0 Å². The molecule has 0 unspecified atom stereocenters. The van der Waals surface area contributed by atoms with Crippen molar-refractivity contribution in [2.45, 2.75) is 125 Å². The number of ether oxygens (including phenoxy) is 3. The van der Waals surface area contributed by atoms with Crippen molar-refractivity contribution >= 4 is 141 Å². The number of carbonyl (C=O) groups excluding carboxylic acids is 5. The summed E-state index contributed by atoms with van der Waals surface area (Å²) in [6.07, 6.45) is 9.44. The number of Topliss-reactive ketones (excluding diaryl/α,β-unsaturated/α-hetero) is 1. The molecule has 0 saturated heterocycles. The molecule has 0 aliphatic carbocycles. The van der Waals surface area contributed by atoms with E-state index in [9.17, 15) is 28.8 Å². The van der Waals surface area contributed by atoms with Crippen LogP contribution in [0.1, 0.15) is 101 Å². The Hall–Kier alpha value is -7.19. The van der Waals surface area contributed by atoms with Crippen LogP contribution in [0.5, 0.6) is 0 Å². The number of nitrogens with one attached hydrogen (secondary N) is 2. The number of carbonyl (C=O) groups is 6. The third-order valence-corrected chi connectivity index (χ3v) is 19.0. The van der Waals surface area contributed by atoms with Crippen molar-refractivity contribution in [2.75, 3.05) is 40.1 Å². The number of H-pyrrole nitrogens is 2. The molecular weight excluding hydrogens is 1540 g/mol. The van der Waals surface area contributed by atoms with Crippen LogP contribution >= 0.6 is 47.8 Å². The monoisotopic (exact) mass is 1620 g/mol. The molecule has 7 aromatic rings. The van der Waals surface area contributed by atoms with Crippen molar-refractivity contribution in [1.29, 1.82) is 0 Å². The van der Waals surface area contributed by atoms with Crippen LogP contribution in [0.25, 0.3) is 33.8 Å². The van der Waals surface area contributed by atoms with Gasteiger partial charge in [-0.3, -0.25) is 14.4 Å². The van der Waals surface area contributed by atoms with E-state index in [0.717, 1.165) is 70.1 Å². The Bertz CT molecular complexity index is 4000. The standard InChI is InChI=1S/C21H29N3O2Si.C16H20BrN3O2.C15H13N3O.C8H6Br2O.C8H15NO4.S5/c1-21(2,3)26-20(25)24(4)15-19-22-14-18(23-19)17-10-8-16(9-11-17)12-13-27(5,6)7;1-16(2,3)22-15(21)20(4)10-14-18-9-13(19-14)11-5-7-12(17)8-6-11;1-3-11-4-6-12(7-5-11)13-8-18-10-15(19)17(2)9-14(18)16-13;9-5-8(11)6-1-3-7(10)4-2-6;1-8(2,3)13-7(12)9(4)5-6(10)11;1-3-5-4-2/h8-11,14H,15H2,1-7H3,(H,22,23);5-9H,10H2,1-4H3,(H,18,19);1,4-8H,9-10H2,2H3;1-4H,5H2;5H2,1-4H3,(H,10,11);. The molecule has 4 aromatic carbocycles. The third kappa shape index (κ3) is 33.3. The number of terminal acetylenes is 1. The number of ketones is 1. The van der Waals surface area contributed by atoms with E-state index in [1.165, 1.54) is 43.5 Å². The fourth-order valence-corrected chi connectivity index (χ4v) is 11.7. The van der Waals surface area contributed by atoms with Gasteiger partial charge in [0.15, 0.2) is 5.78 Å². The molecule has 4 heterocycles. The van der Waals surface area contributed by atoms with Crippen LogP contribution in [0.3, 0.4) is 0 Å². The number of carboxylic acid groups (broad SMARTS) is 1. The lowest BCUT2D eigenvalue weighted by atomic mass is 10.1. The number of hydrogen-bond acceptors (Lipinski definition) is 14. The van der Waals surface area contributed by atoms with E-state index in [1.54, 1.807) is 71.3 Å². The van der Waals surface area contributed by atoms with Crippen molar-refractivity contribution in [1.82, 2.24) is 49.1 Å². The van der Waals surface area contributed by atoms with Crippen LogP contribution in [0, 0.1) is 23.8 Å². The molecule has 4 amide bonds. The highest BCUT2D eigenvalue weighted by Gasteiger charge is 2.25. The van der Waals surface area contributed by atoms with Gasteiger partial charge in [-0.05, 0) is 122 Å². The molecule has 29 heteroatoms. The average Bonchev–Trinajstić information content (AvgIpc) is 1.67. The van der Waals surface area contributed by atoms with Crippen molar-refractivity contribution in [3.05, 3.63) is 159 Å². The fraction of sp³-hybridized carbons (Fsp3) is 0.368. The first-order chi connectivity index (χ1) is 45.2. The molecule has 8 rings (SSSR count). The second-order valence-corrected chi connectivity index (χ2v) is 37.8. The Balaban J connectivity index is 0.000000319. The van der Waals surface area contributed by atoms with Crippen LogP contribution in [0.2, 0.25) is 19.6 Å². The average molecular weight is 1630 g/mol. The zero-order valence-corrected chi connectivity index (χ0v) is 67.0. The van der Waals surface area contributed by atoms with E-state index in [2.05, 4.69) is 132 Å². The second kappa shape index (κ2) is 40.0. The number of imidazole rings is 3. The number of benzene rings is 4. The quantitative estimate of drug-likeness (QED) is 0.0359. The highest BCUT2D eigenvalue weighted by molar-refractivity contribution is 9.10. The first-order valence-electron chi connectivity index (χ1n) is 29.7. The maximum absolute atomic E-state index is 12.1. The maximum Gasteiger partial charge on any atom is 0.410 e. The van der Waals surface area contributed by atoms with Gasteiger partial charge in [0.05, 0.1) is 54.4 Å². The van der Waals surface area contributed by atoms with Gasteiger partial charge in [0, 0.05) is 115 Å². The molecule has 0 fully saturated rings. The lowest BCUT2D eigenvalue weighted by molar-refractivity contribution is -0.138. The summed E-state index contributed by atoms with van der Waals surface area (Å²) in [5.41, 5.74) is 10.2. The molecule has 3 N–H and O–H groups in total. The molecule has 1 aliphatic heterocycles. The van der Waals surface area contributed by atoms with E-state index < -0.39 is 36.9 Å². The van der Waals surface area contributed by atoms with Crippen molar-refractivity contribution in [2.24, 2.45) is 0 Å². The zero-order chi connectivity index (χ0) is 73.0. The Kier molecular flexibility index (Phi) is 34.7. The molecule has 0 bridgehead atoms. The highest BCUT2D eigenvalue weighted by Crippen LogP contribution is 2.24. The summed E-state index contributed by atoms with van der Waals surface area (Å²) in [7, 11) is 9.13. The largest absolute Gasteiger partial charge is 0.480 e. The predicted molar refractivity (Wildman–Crippen MR) is 409 cm³/mol. The SMILES string of the molecule is C#Cc1ccc(-c2cn3c(n2)CN(C)C(=O)C3)cc1.CN(CC(=O)O)C(=O)OC(C)(C)C.CN(Cc1ncc(-c2ccc(Br)cc2)[nH]1)C(=O)OC(C)(C)C.CN(Cc1ncc(-c2ccc(C#C[Si](C)(C)C)cc2)[nH]1)C(=O)OC(C)(C)C.O=C(CBr)c1ccc(Br)cc1.S=S=S=S=S. The summed E-state index contributed by atoms with van der Waals surface area (Å²) in [5, 5.41) is 8.77. The number of carboxylic acids is 1. The first-order valence-corrected chi connectivity index (χ1v) is 41.2. The molecule has 0 radical (unpaired) electrons.